The molecule has 94 valence electrons. The first kappa shape index (κ1) is 13.5. The molecular weight excluding hydrogens is 200 g/mol. The zero-order valence-corrected chi connectivity index (χ0v) is 11.4. The highest BCUT2D eigenvalue weighted by Gasteiger charge is 2.45. The van der Waals surface area contributed by atoms with Crippen molar-refractivity contribution in [1.82, 2.24) is 0 Å². The van der Waals surface area contributed by atoms with Crippen LogP contribution in [0.15, 0.2) is 0 Å². The van der Waals surface area contributed by atoms with Gasteiger partial charge in [0, 0.05) is 0 Å². The third kappa shape index (κ3) is 2.58. The van der Waals surface area contributed by atoms with E-state index in [1.165, 1.54) is 19.3 Å². The Bertz CT molecular complexity index is 243. The molecule has 0 amide bonds. The van der Waals surface area contributed by atoms with Gasteiger partial charge in [-0.25, -0.2) is 0 Å². The largest absolute Gasteiger partial charge is 0.465 e. The average molecular weight is 226 g/mol. The number of carbonyl (C=O) groups is 1. The molecule has 0 bridgehead atoms. The monoisotopic (exact) mass is 226 g/mol. The lowest BCUT2D eigenvalue weighted by Gasteiger charge is -2.51. The Morgan fingerprint density at radius 1 is 1.38 bits per heavy atom. The van der Waals surface area contributed by atoms with Crippen molar-refractivity contribution in [3.8, 4) is 0 Å². The van der Waals surface area contributed by atoms with Crippen LogP contribution in [0.3, 0.4) is 0 Å². The summed E-state index contributed by atoms with van der Waals surface area (Å²) < 4.78 is 5.03. The fraction of sp³-hybridized carbons (Fsp3) is 0.929. The summed E-state index contributed by atoms with van der Waals surface area (Å²) in [7, 11) is 0. The van der Waals surface area contributed by atoms with Crippen LogP contribution in [0.25, 0.3) is 0 Å². The number of carbonyl (C=O) groups excluding carboxylic acids is 1. The van der Waals surface area contributed by atoms with Gasteiger partial charge in [-0.3, -0.25) is 4.79 Å². The fourth-order valence-electron chi connectivity index (χ4n) is 2.99. The molecule has 0 aromatic rings. The highest BCUT2D eigenvalue weighted by Crippen LogP contribution is 2.54. The molecule has 0 radical (unpaired) electrons. The predicted molar refractivity (Wildman–Crippen MR) is 66.1 cm³/mol. The minimum atomic E-state index is 0.0516. The molecule has 2 unspecified atom stereocenters. The molecule has 0 spiro atoms. The van der Waals surface area contributed by atoms with E-state index in [9.17, 15) is 4.79 Å². The second kappa shape index (κ2) is 4.77. The smallest absolute Gasteiger partial charge is 0.293 e. The summed E-state index contributed by atoms with van der Waals surface area (Å²) >= 11 is 0. The Balaban J connectivity index is 2.68. The van der Waals surface area contributed by atoms with Gasteiger partial charge < -0.3 is 4.74 Å². The Morgan fingerprint density at radius 3 is 2.56 bits per heavy atom. The van der Waals surface area contributed by atoms with Gasteiger partial charge >= 0.3 is 0 Å². The van der Waals surface area contributed by atoms with Crippen LogP contribution >= 0.6 is 0 Å². The van der Waals surface area contributed by atoms with Crippen molar-refractivity contribution in [3.63, 3.8) is 0 Å². The minimum Gasteiger partial charge on any atom is -0.465 e. The van der Waals surface area contributed by atoms with Gasteiger partial charge in [-0.2, -0.15) is 0 Å². The SMILES string of the molecule is CC(CC1CCCC(C)(C)C1(C)C)OC=O. The summed E-state index contributed by atoms with van der Waals surface area (Å²) in [5.41, 5.74) is 0.711. The second-order valence-corrected chi connectivity index (χ2v) is 6.47. The second-order valence-electron chi connectivity index (χ2n) is 6.47. The summed E-state index contributed by atoms with van der Waals surface area (Å²) in [6.07, 6.45) is 4.92. The lowest BCUT2D eigenvalue weighted by Crippen LogP contribution is -2.43. The van der Waals surface area contributed by atoms with Crippen LogP contribution in [-0.2, 0) is 9.53 Å². The van der Waals surface area contributed by atoms with Gasteiger partial charge in [-0.15, -0.1) is 0 Å². The van der Waals surface area contributed by atoms with Crippen molar-refractivity contribution in [1.29, 1.82) is 0 Å². The standard InChI is InChI=1S/C14H26O2/c1-11(16-10-15)9-12-7-6-8-13(2,3)14(12,4)5/h10-12H,6-9H2,1-5H3. The number of rotatable bonds is 4. The van der Waals surface area contributed by atoms with Crippen LogP contribution in [0.2, 0.25) is 0 Å². The zero-order valence-electron chi connectivity index (χ0n) is 11.4. The molecule has 0 aliphatic heterocycles. The van der Waals surface area contributed by atoms with Crippen molar-refractivity contribution < 1.29 is 9.53 Å². The van der Waals surface area contributed by atoms with Crippen molar-refractivity contribution in [3.05, 3.63) is 0 Å². The van der Waals surface area contributed by atoms with Crippen LogP contribution in [0.1, 0.15) is 60.3 Å². The van der Waals surface area contributed by atoms with E-state index in [0.29, 0.717) is 23.2 Å². The first-order valence-electron chi connectivity index (χ1n) is 6.40. The highest BCUT2D eigenvalue weighted by atomic mass is 16.5. The molecule has 2 atom stereocenters. The van der Waals surface area contributed by atoms with E-state index in [-0.39, 0.29) is 6.10 Å². The molecule has 1 rings (SSSR count). The molecule has 1 saturated carbocycles. The maximum atomic E-state index is 10.3. The van der Waals surface area contributed by atoms with Crippen LogP contribution in [0, 0.1) is 16.7 Å². The first-order valence-corrected chi connectivity index (χ1v) is 6.40. The maximum absolute atomic E-state index is 10.3. The Morgan fingerprint density at radius 2 is 2.00 bits per heavy atom. The molecule has 1 fully saturated rings. The minimum absolute atomic E-state index is 0.0516. The molecule has 1 aliphatic rings. The van der Waals surface area contributed by atoms with Crippen LogP contribution in [0.5, 0.6) is 0 Å². The van der Waals surface area contributed by atoms with E-state index < -0.39 is 0 Å². The highest BCUT2D eigenvalue weighted by molar-refractivity contribution is 5.37. The van der Waals surface area contributed by atoms with Gasteiger partial charge in [-0.05, 0) is 42.9 Å². The Labute approximate surface area is 99.8 Å². The Hall–Kier alpha value is -0.530. The normalized spacial score (nSPS) is 29.4. The molecule has 1 aliphatic carbocycles. The summed E-state index contributed by atoms with van der Waals surface area (Å²) in [6, 6.07) is 0. The lowest BCUT2D eigenvalue weighted by molar-refractivity contribution is -0.135. The maximum Gasteiger partial charge on any atom is 0.293 e. The van der Waals surface area contributed by atoms with Gasteiger partial charge in [-0.1, -0.05) is 34.1 Å². The molecule has 2 heteroatoms. The third-order valence-electron chi connectivity index (χ3n) is 5.02. The van der Waals surface area contributed by atoms with Crippen molar-refractivity contribution in [2.45, 2.75) is 66.4 Å². The molecule has 0 aromatic carbocycles. The van der Waals surface area contributed by atoms with E-state index in [0.717, 1.165) is 6.42 Å². The molecular formula is C14H26O2. The average Bonchev–Trinajstić information content (AvgIpc) is 2.14. The van der Waals surface area contributed by atoms with Gasteiger partial charge in [0.15, 0.2) is 0 Å². The van der Waals surface area contributed by atoms with Crippen molar-refractivity contribution in [2.24, 2.45) is 16.7 Å². The summed E-state index contributed by atoms with van der Waals surface area (Å²) in [5.74, 6) is 0.659. The van der Waals surface area contributed by atoms with Crippen molar-refractivity contribution in [2.75, 3.05) is 0 Å². The topological polar surface area (TPSA) is 26.3 Å². The van der Waals surface area contributed by atoms with Gasteiger partial charge in [0.05, 0.1) is 6.10 Å². The molecule has 16 heavy (non-hydrogen) atoms. The van der Waals surface area contributed by atoms with E-state index in [1.54, 1.807) is 0 Å². The van der Waals surface area contributed by atoms with Gasteiger partial charge in [0.25, 0.3) is 6.47 Å². The summed E-state index contributed by atoms with van der Waals surface area (Å²) in [4.78, 5) is 10.3. The first-order chi connectivity index (χ1) is 7.31. The zero-order chi connectivity index (χ0) is 12.4. The number of ether oxygens (including phenoxy) is 1. The summed E-state index contributed by atoms with van der Waals surface area (Å²) in [5, 5.41) is 0. The van der Waals surface area contributed by atoms with Crippen molar-refractivity contribution >= 4 is 6.47 Å². The lowest BCUT2D eigenvalue weighted by atomic mass is 9.54. The molecule has 0 N–H and O–H groups in total. The van der Waals surface area contributed by atoms with Crippen LogP contribution < -0.4 is 0 Å². The molecule has 2 nitrogen and oxygen atoms in total. The molecule has 0 heterocycles. The molecule has 0 saturated heterocycles. The quantitative estimate of drug-likeness (QED) is 0.682. The third-order valence-corrected chi connectivity index (χ3v) is 5.02. The fourth-order valence-corrected chi connectivity index (χ4v) is 2.99. The predicted octanol–water partition coefficient (Wildman–Crippen LogP) is 3.79. The van der Waals surface area contributed by atoms with Gasteiger partial charge in [0.1, 0.15) is 0 Å². The molecule has 0 aromatic heterocycles. The van der Waals surface area contributed by atoms with E-state index in [4.69, 9.17) is 4.74 Å². The van der Waals surface area contributed by atoms with Gasteiger partial charge in [0.2, 0.25) is 0 Å². The number of hydrogen-bond acceptors (Lipinski definition) is 2. The van der Waals surface area contributed by atoms with E-state index in [1.807, 2.05) is 6.92 Å². The Kier molecular flexibility index (Phi) is 4.03. The van der Waals surface area contributed by atoms with E-state index in [2.05, 4.69) is 27.7 Å². The van der Waals surface area contributed by atoms with Crippen LogP contribution in [-0.4, -0.2) is 12.6 Å². The number of hydrogen-bond donors (Lipinski definition) is 0. The summed E-state index contributed by atoms with van der Waals surface area (Å²) in [6.45, 7) is 12.0. The van der Waals surface area contributed by atoms with Crippen LogP contribution in [0.4, 0.5) is 0 Å². The van der Waals surface area contributed by atoms with E-state index >= 15 is 0 Å².